The maximum atomic E-state index is 13.0. The van der Waals surface area contributed by atoms with E-state index in [1.54, 1.807) is 68.4 Å². The summed E-state index contributed by atoms with van der Waals surface area (Å²) in [5.41, 5.74) is 7.44. The Morgan fingerprint density at radius 2 is 1.21 bits per heavy atom. The van der Waals surface area contributed by atoms with Gasteiger partial charge in [0.05, 0.1) is 12.5 Å². The number of aliphatic carboxylic acids is 2. The minimum Gasteiger partial charge on any atom is -0.481 e. The van der Waals surface area contributed by atoms with Crippen molar-refractivity contribution in [1.29, 1.82) is 0 Å². The molecule has 0 spiro atoms. The van der Waals surface area contributed by atoms with E-state index in [4.69, 9.17) is 5.73 Å². The van der Waals surface area contributed by atoms with E-state index in [1.807, 2.05) is 6.07 Å². The van der Waals surface area contributed by atoms with Crippen LogP contribution in [0.1, 0.15) is 31.4 Å². The summed E-state index contributed by atoms with van der Waals surface area (Å²) in [6.07, 6.45) is -0.547. The first-order valence-corrected chi connectivity index (χ1v) is 12.2. The molecule has 11 nitrogen and oxygen atoms in total. The molecule has 7 N–H and O–H groups in total. The first kappa shape index (κ1) is 30.0. The molecule has 2 rings (SSSR count). The molecule has 4 unspecified atom stereocenters. The number of carbonyl (C=O) groups is 5. The van der Waals surface area contributed by atoms with Crippen molar-refractivity contribution in [2.45, 2.75) is 57.3 Å². The van der Waals surface area contributed by atoms with Gasteiger partial charge in [0, 0.05) is 6.42 Å². The van der Waals surface area contributed by atoms with Crippen molar-refractivity contribution < 1.29 is 34.2 Å². The van der Waals surface area contributed by atoms with Crippen molar-refractivity contribution in [2.24, 2.45) is 11.7 Å². The van der Waals surface area contributed by atoms with Gasteiger partial charge in [0.2, 0.25) is 17.7 Å². The Hall–Kier alpha value is -4.25. The molecular weight excluding hydrogens is 492 g/mol. The first-order chi connectivity index (χ1) is 18.0. The smallest absolute Gasteiger partial charge is 0.326 e. The van der Waals surface area contributed by atoms with Gasteiger partial charge in [-0.15, -0.1) is 0 Å². The maximum absolute atomic E-state index is 13.0. The summed E-state index contributed by atoms with van der Waals surface area (Å²) < 4.78 is 0. The van der Waals surface area contributed by atoms with Crippen molar-refractivity contribution in [2.75, 3.05) is 0 Å². The van der Waals surface area contributed by atoms with Crippen LogP contribution in [0.15, 0.2) is 60.7 Å². The van der Waals surface area contributed by atoms with Crippen molar-refractivity contribution in [3.63, 3.8) is 0 Å². The molecular formula is C27H34N4O7. The second-order valence-electron chi connectivity index (χ2n) is 9.27. The number of amides is 3. The SMILES string of the molecule is CC(C)C(NC(=O)C(CC(=O)O)NC(=O)C(N)Cc1ccccc1)C(=O)NC(Cc1ccccc1)C(=O)O. The van der Waals surface area contributed by atoms with E-state index in [-0.39, 0.29) is 12.8 Å². The molecule has 0 bridgehead atoms. The molecule has 11 heteroatoms. The van der Waals surface area contributed by atoms with Crippen LogP contribution in [0.4, 0.5) is 0 Å². The molecule has 4 atom stereocenters. The Labute approximate surface area is 220 Å². The Kier molecular flexibility index (Phi) is 11.4. The minimum absolute atomic E-state index is 0.0255. The van der Waals surface area contributed by atoms with Crippen LogP contribution in [0.25, 0.3) is 0 Å². The number of hydrogen-bond donors (Lipinski definition) is 6. The van der Waals surface area contributed by atoms with Gasteiger partial charge in [-0.3, -0.25) is 19.2 Å². The number of nitrogens with two attached hydrogens (primary N) is 1. The first-order valence-electron chi connectivity index (χ1n) is 12.2. The highest BCUT2D eigenvalue weighted by Crippen LogP contribution is 2.08. The van der Waals surface area contributed by atoms with Gasteiger partial charge >= 0.3 is 11.9 Å². The van der Waals surface area contributed by atoms with E-state index in [0.29, 0.717) is 5.56 Å². The highest BCUT2D eigenvalue weighted by atomic mass is 16.4. The molecule has 204 valence electrons. The standard InChI is InChI=1S/C27H34N4O7/c1-16(2)23(26(36)30-21(27(37)38)14-18-11-7-4-8-12-18)31-25(35)20(15-22(32)33)29-24(34)19(28)13-17-9-5-3-6-10-17/h3-12,16,19-21,23H,13-15,28H2,1-2H3,(H,29,34)(H,30,36)(H,31,35)(H,32,33)(H,37,38). The van der Waals surface area contributed by atoms with Gasteiger partial charge in [-0.25, -0.2) is 4.79 Å². The summed E-state index contributed by atoms with van der Waals surface area (Å²) >= 11 is 0. The minimum atomic E-state index is -1.50. The lowest BCUT2D eigenvalue weighted by molar-refractivity contribution is -0.143. The molecule has 2 aromatic rings. The van der Waals surface area contributed by atoms with Gasteiger partial charge in [-0.1, -0.05) is 74.5 Å². The van der Waals surface area contributed by atoms with E-state index < -0.39 is 66.2 Å². The number of carbonyl (C=O) groups excluding carboxylic acids is 3. The normalized spacial score (nSPS) is 14.0. The van der Waals surface area contributed by atoms with E-state index >= 15 is 0 Å². The van der Waals surface area contributed by atoms with Gasteiger partial charge in [-0.05, 0) is 23.5 Å². The third kappa shape index (κ3) is 9.66. The topological polar surface area (TPSA) is 188 Å². The zero-order valence-electron chi connectivity index (χ0n) is 21.3. The van der Waals surface area contributed by atoms with Crippen LogP contribution in [0.5, 0.6) is 0 Å². The number of hydrogen-bond acceptors (Lipinski definition) is 6. The molecule has 2 aromatic carbocycles. The van der Waals surface area contributed by atoms with E-state index in [1.165, 1.54) is 0 Å². The van der Waals surface area contributed by atoms with Crippen LogP contribution in [0.3, 0.4) is 0 Å². The Balaban J connectivity index is 2.10. The molecule has 38 heavy (non-hydrogen) atoms. The molecule has 0 aliphatic rings. The predicted molar refractivity (Wildman–Crippen MR) is 139 cm³/mol. The number of rotatable bonds is 14. The van der Waals surface area contributed by atoms with Gasteiger partial charge in [0.15, 0.2) is 0 Å². The van der Waals surface area contributed by atoms with Gasteiger partial charge < -0.3 is 31.9 Å². The number of benzene rings is 2. The molecule has 0 saturated heterocycles. The summed E-state index contributed by atoms with van der Waals surface area (Å²) in [4.78, 5) is 61.8. The zero-order valence-corrected chi connectivity index (χ0v) is 21.3. The third-order valence-corrected chi connectivity index (χ3v) is 5.79. The summed E-state index contributed by atoms with van der Waals surface area (Å²) in [6, 6.07) is 12.7. The summed E-state index contributed by atoms with van der Waals surface area (Å²) in [6.45, 7) is 3.27. The summed E-state index contributed by atoms with van der Waals surface area (Å²) in [5.74, 6) is -5.46. The lowest BCUT2D eigenvalue weighted by Gasteiger charge is -2.26. The summed E-state index contributed by atoms with van der Waals surface area (Å²) in [5, 5.41) is 26.2. The predicted octanol–water partition coefficient (Wildman–Crippen LogP) is 0.469. The summed E-state index contributed by atoms with van der Waals surface area (Å²) in [7, 11) is 0. The van der Waals surface area contributed by atoms with Crippen molar-refractivity contribution >= 4 is 29.7 Å². The van der Waals surface area contributed by atoms with Gasteiger partial charge in [-0.2, -0.15) is 0 Å². The fourth-order valence-electron chi connectivity index (χ4n) is 3.72. The Morgan fingerprint density at radius 1 is 0.711 bits per heavy atom. The second-order valence-corrected chi connectivity index (χ2v) is 9.27. The monoisotopic (exact) mass is 526 g/mol. The van der Waals surface area contributed by atoms with Gasteiger partial charge in [0.25, 0.3) is 0 Å². The fraction of sp³-hybridized carbons (Fsp3) is 0.370. The van der Waals surface area contributed by atoms with Crippen LogP contribution in [-0.4, -0.2) is 64.0 Å². The van der Waals surface area contributed by atoms with Crippen LogP contribution in [0, 0.1) is 5.92 Å². The lowest BCUT2D eigenvalue weighted by atomic mass is 10.0. The second kappa shape index (κ2) is 14.5. The van der Waals surface area contributed by atoms with Crippen LogP contribution in [-0.2, 0) is 36.8 Å². The van der Waals surface area contributed by atoms with Crippen molar-refractivity contribution in [3.05, 3.63) is 71.8 Å². The molecule has 0 heterocycles. The molecule has 0 radical (unpaired) electrons. The lowest BCUT2D eigenvalue weighted by Crippen LogP contribution is -2.59. The van der Waals surface area contributed by atoms with Crippen LogP contribution >= 0.6 is 0 Å². The Morgan fingerprint density at radius 3 is 1.68 bits per heavy atom. The van der Waals surface area contributed by atoms with Gasteiger partial charge in [0.1, 0.15) is 18.1 Å². The molecule has 0 aliphatic heterocycles. The third-order valence-electron chi connectivity index (χ3n) is 5.79. The molecule has 0 aliphatic carbocycles. The number of carboxylic acid groups (broad SMARTS) is 2. The molecule has 0 aromatic heterocycles. The van der Waals surface area contributed by atoms with Crippen LogP contribution < -0.4 is 21.7 Å². The highest BCUT2D eigenvalue weighted by Gasteiger charge is 2.33. The fourth-order valence-corrected chi connectivity index (χ4v) is 3.72. The number of carboxylic acids is 2. The Bertz CT molecular complexity index is 1110. The average Bonchev–Trinajstić information content (AvgIpc) is 2.86. The number of nitrogens with one attached hydrogen (secondary N) is 3. The van der Waals surface area contributed by atoms with Crippen LogP contribution in [0.2, 0.25) is 0 Å². The largest absolute Gasteiger partial charge is 0.481 e. The molecule has 0 saturated carbocycles. The average molecular weight is 527 g/mol. The zero-order chi connectivity index (χ0) is 28.2. The van der Waals surface area contributed by atoms with Crippen molar-refractivity contribution in [1.82, 2.24) is 16.0 Å². The quantitative estimate of drug-likeness (QED) is 0.205. The van der Waals surface area contributed by atoms with E-state index in [2.05, 4.69) is 16.0 Å². The van der Waals surface area contributed by atoms with Crippen molar-refractivity contribution in [3.8, 4) is 0 Å². The maximum Gasteiger partial charge on any atom is 0.326 e. The van der Waals surface area contributed by atoms with E-state index in [0.717, 1.165) is 5.56 Å². The molecule has 3 amide bonds. The molecule has 0 fully saturated rings. The van der Waals surface area contributed by atoms with E-state index in [9.17, 15) is 34.2 Å². The highest BCUT2D eigenvalue weighted by molar-refractivity contribution is 5.95.